The SMILES string of the molecule is O=C(NCc1ccc(Cn2cncn2)cc1)C(=O)Nc1cccc(S(=O)(=O)N2CCCC2)c1. The lowest BCUT2D eigenvalue weighted by molar-refractivity contribution is -0.136. The number of benzene rings is 2. The predicted octanol–water partition coefficient (Wildman–Crippen LogP) is 1.37. The fourth-order valence-electron chi connectivity index (χ4n) is 3.53. The molecule has 1 aliphatic heterocycles. The fourth-order valence-corrected chi connectivity index (χ4v) is 5.09. The number of aromatic nitrogens is 3. The third kappa shape index (κ3) is 5.62. The molecule has 10 nitrogen and oxygen atoms in total. The molecule has 2 N–H and O–H groups in total. The summed E-state index contributed by atoms with van der Waals surface area (Å²) in [6.45, 7) is 1.74. The van der Waals surface area contributed by atoms with Crippen LogP contribution in [0.25, 0.3) is 0 Å². The molecule has 11 heteroatoms. The van der Waals surface area contributed by atoms with Crippen LogP contribution < -0.4 is 10.6 Å². The number of amides is 2. The van der Waals surface area contributed by atoms with Gasteiger partial charge in [-0.2, -0.15) is 9.40 Å². The van der Waals surface area contributed by atoms with E-state index < -0.39 is 21.8 Å². The van der Waals surface area contributed by atoms with Crippen LogP contribution in [0, 0.1) is 0 Å². The van der Waals surface area contributed by atoms with Crippen LogP contribution in [0.3, 0.4) is 0 Å². The lowest BCUT2D eigenvalue weighted by Gasteiger charge is -2.16. The summed E-state index contributed by atoms with van der Waals surface area (Å²) in [5.74, 6) is -1.68. The quantitative estimate of drug-likeness (QED) is 0.505. The standard InChI is InChI=1S/C22H24N6O4S/c29-21(24-13-17-6-8-18(9-7-17)14-27-16-23-15-25-27)22(30)26-19-4-3-5-20(12-19)33(31,32)28-10-1-2-11-28/h3-9,12,15-16H,1-2,10-11,13-14H2,(H,24,29)(H,26,30). The molecule has 0 spiro atoms. The molecule has 1 aromatic heterocycles. The maximum atomic E-state index is 12.7. The predicted molar refractivity (Wildman–Crippen MR) is 120 cm³/mol. The van der Waals surface area contributed by atoms with Gasteiger partial charge in [0.2, 0.25) is 10.0 Å². The van der Waals surface area contributed by atoms with E-state index in [1.807, 2.05) is 24.3 Å². The molecule has 0 bridgehead atoms. The second kappa shape index (κ2) is 9.92. The Morgan fingerprint density at radius 1 is 0.970 bits per heavy atom. The molecule has 1 aliphatic rings. The van der Waals surface area contributed by atoms with E-state index in [1.54, 1.807) is 17.1 Å². The minimum absolute atomic E-state index is 0.0913. The number of rotatable bonds is 7. The fraction of sp³-hybridized carbons (Fsp3) is 0.273. The number of carbonyl (C=O) groups excluding carboxylic acids is 2. The van der Waals surface area contributed by atoms with Gasteiger partial charge in [0, 0.05) is 25.3 Å². The number of anilines is 1. The molecule has 0 saturated carbocycles. The van der Waals surface area contributed by atoms with Gasteiger partial charge >= 0.3 is 11.8 Å². The Bertz CT molecular complexity index is 1220. The van der Waals surface area contributed by atoms with Gasteiger partial charge < -0.3 is 10.6 Å². The first kappa shape index (κ1) is 22.6. The lowest BCUT2D eigenvalue weighted by atomic mass is 10.1. The van der Waals surface area contributed by atoms with Crippen LogP contribution in [0.2, 0.25) is 0 Å². The maximum Gasteiger partial charge on any atom is 0.313 e. The molecule has 0 unspecified atom stereocenters. The molecule has 172 valence electrons. The maximum absolute atomic E-state index is 12.7. The van der Waals surface area contributed by atoms with Crippen molar-refractivity contribution in [1.82, 2.24) is 24.4 Å². The summed E-state index contributed by atoms with van der Waals surface area (Å²) in [6.07, 6.45) is 4.77. The van der Waals surface area contributed by atoms with Crippen LogP contribution in [0.15, 0.2) is 66.1 Å². The third-order valence-corrected chi connectivity index (χ3v) is 7.18. The van der Waals surface area contributed by atoms with Crippen molar-refractivity contribution in [3.8, 4) is 0 Å². The van der Waals surface area contributed by atoms with E-state index in [1.165, 1.54) is 28.8 Å². The van der Waals surface area contributed by atoms with Gasteiger partial charge in [0.1, 0.15) is 12.7 Å². The normalized spacial score (nSPS) is 14.2. The average Bonchev–Trinajstić information content (AvgIpc) is 3.53. The molecule has 3 aromatic rings. The summed E-state index contributed by atoms with van der Waals surface area (Å²) in [7, 11) is -3.61. The average molecular weight is 469 g/mol. The number of sulfonamides is 1. The van der Waals surface area contributed by atoms with Gasteiger partial charge in [-0.25, -0.2) is 18.1 Å². The molecule has 0 radical (unpaired) electrons. The summed E-state index contributed by atoms with van der Waals surface area (Å²) in [6, 6.07) is 13.5. The first-order chi connectivity index (χ1) is 15.9. The molecule has 1 saturated heterocycles. The van der Waals surface area contributed by atoms with Crippen molar-refractivity contribution in [2.45, 2.75) is 30.8 Å². The van der Waals surface area contributed by atoms with Crippen LogP contribution >= 0.6 is 0 Å². The molecule has 0 atom stereocenters. The Morgan fingerprint density at radius 3 is 2.39 bits per heavy atom. The van der Waals surface area contributed by atoms with Gasteiger partial charge in [0.05, 0.1) is 11.4 Å². The smallest absolute Gasteiger partial charge is 0.313 e. The van der Waals surface area contributed by atoms with Crippen LogP contribution in [-0.4, -0.2) is 52.4 Å². The molecule has 1 fully saturated rings. The van der Waals surface area contributed by atoms with Gasteiger partial charge in [-0.15, -0.1) is 0 Å². The zero-order valence-corrected chi connectivity index (χ0v) is 18.7. The highest BCUT2D eigenvalue weighted by atomic mass is 32.2. The van der Waals surface area contributed by atoms with Crippen LogP contribution in [-0.2, 0) is 32.7 Å². The van der Waals surface area contributed by atoms with Crippen molar-refractivity contribution in [2.75, 3.05) is 18.4 Å². The topological polar surface area (TPSA) is 126 Å². The van der Waals surface area contributed by atoms with Gasteiger partial charge in [-0.05, 0) is 42.2 Å². The highest BCUT2D eigenvalue weighted by Crippen LogP contribution is 2.23. The minimum atomic E-state index is -3.61. The summed E-state index contributed by atoms with van der Waals surface area (Å²) >= 11 is 0. The van der Waals surface area contributed by atoms with Gasteiger partial charge in [0.25, 0.3) is 0 Å². The van der Waals surface area contributed by atoms with E-state index in [2.05, 4.69) is 20.7 Å². The Kier molecular flexibility index (Phi) is 6.80. The van der Waals surface area contributed by atoms with Crippen LogP contribution in [0.1, 0.15) is 24.0 Å². The minimum Gasteiger partial charge on any atom is -0.344 e. The summed E-state index contributed by atoms with van der Waals surface area (Å²) in [5, 5.41) is 9.09. The van der Waals surface area contributed by atoms with Crippen molar-refractivity contribution in [3.63, 3.8) is 0 Å². The summed E-state index contributed by atoms with van der Waals surface area (Å²) in [5.41, 5.74) is 2.10. The molecule has 33 heavy (non-hydrogen) atoms. The van der Waals surface area contributed by atoms with E-state index in [4.69, 9.17) is 0 Å². The second-order valence-electron chi connectivity index (χ2n) is 7.69. The number of hydrogen-bond donors (Lipinski definition) is 2. The van der Waals surface area contributed by atoms with Crippen molar-refractivity contribution >= 4 is 27.5 Å². The largest absolute Gasteiger partial charge is 0.344 e. The highest BCUT2D eigenvalue weighted by molar-refractivity contribution is 7.89. The number of nitrogens with one attached hydrogen (secondary N) is 2. The number of nitrogens with zero attached hydrogens (tertiary/aromatic N) is 4. The molecular weight excluding hydrogens is 444 g/mol. The highest BCUT2D eigenvalue weighted by Gasteiger charge is 2.27. The first-order valence-electron chi connectivity index (χ1n) is 10.5. The van der Waals surface area contributed by atoms with Gasteiger partial charge in [0.15, 0.2) is 0 Å². The van der Waals surface area contributed by atoms with E-state index >= 15 is 0 Å². The van der Waals surface area contributed by atoms with Crippen LogP contribution in [0.5, 0.6) is 0 Å². The van der Waals surface area contributed by atoms with E-state index in [0.717, 1.165) is 24.0 Å². The van der Waals surface area contributed by atoms with Crippen molar-refractivity contribution in [3.05, 3.63) is 72.3 Å². The van der Waals surface area contributed by atoms with Crippen molar-refractivity contribution in [1.29, 1.82) is 0 Å². The molecule has 2 aromatic carbocycles. The third-order valence-electron chi connectivity index (χ3n) is 5.29. The number of hydrogen-bond acceptors (Lipinski definition) is 6. The molecular formula is C22H24N6O4S. The first-order valence-corrected chi connectivity index (χ1v) is 12.0. The van der Waals surface area contributed by atoms with Gasteiger partial charge in [-0.1, -0.05) is 30.3 Å². The Hall–Kier alpha value is -3.57. The number of carbonyl (C=O) groups is 2. The van der Waals surface area contributed by atoms with Crippen LogP contribution in [0.4, 0.5) is 5.69 Å². The summed E-state index contributed by atoms with van der Waals surface area (Å²) in [4.78, 5) is 28.5. The Morgan fingerprint density at radius 2 is 1.70 bits per heavy atom. The zero-order valence-electron chi connectivity index (χ0n) is 17.8. The Balaban J connectivity index is 1.31. The molecule has 0 aliphatic carbocycles. The van der Waals surface area contributed by atoms with E-state index in [9.17, 15) is 18.0 Å². The summed E-state index contributed by atoms with van der Waals surface area (Å²) < 4.78 is 28.5. The lowest BCUT2D eigenvalue weighted by Crippen LogP contribution is -2.35. The molecule has 4 rings (SSSR count). The molecule has 2 heterocycles. The van der Waals surface area contributed by atoms with E-state index in [-0.39, 0.29) is 17.1 Å². The second-order valence-corrected chi connectivity index (χ2v) is 9.62. The monoisotopic (exact) mass is 468 g/mol. The van der Waals surface area contributed by atoms with Crippen molar-refractivity contribution in [2.24, 2.45) is 0 Å². The van der Waals surface area contributed by atoms with E-state index in [0.29, 0.717) is 19.6 Å². The van der Waals surface area contributed by atoms with Crippen molar-refractivity contribution < 1.29 is 18.0 Å². The Labute approximate surface area is 191 Å². The van der Waals surface area contributed by atoms with Gasteiger partial charge in [-0.3, -0.25) is 9.59 Å². The zero-order chi connectivity index (χ0) is 23.3. The molecule has 2 amide bonds.